The molecule has 41 heavy (non-hydrogen) atoms. The Balaban J connectivity index is 1.36. The lowest BCUT2D eigenvalue weighted by molar-refractivity contribution is -0.180. The molecule has 1 aromatic heterocycles. The first-order valence-corrected chi connectivity index (χ1v) is 14.8. The third-order valence-corrected chi connectivity index (χ3v) is 8.68. The van der Waals surface area contributed by atoms with Gasteiger partial charge in [0.2, 0.25) is 11.8 Å². The molecule has 218 valence electrons. The molecular formula is C33H42N4O4. The van der Waals surface area contributed by atoms with Gasteiger partial charge in [0.05, 0.1) is 38.8 Å². The van der Waals surface area contributed by atoms with Crippen molar-refractivity contribution >= 4 is 11.8 Å². The van der Waals surface area contributed by atoms with Crippen molar-refractivity contribution in [1.29, 1.82) is 0 Å². The topological polar surface area (TPSA) is 99.7 Å². The van der Waals surface area contributed by atoms with Crippen LogP contribution in [0.2, 0.25) is 0 Å². The van der Waals surface area contributed by atoms with Gasteiger partial charge in [0, 0.05) is 19.0 Å². The van der Waals surface area contributed by atoms with E-state index in [9.17, 15) is 9.59 Å². The lowest BCUT2D eigenvalue weighted by atomic mass is 9.82. The summed E-state index contributed by atoms with van der Waals surface area (Å²) in [4.78, 5) is 31.9. The molecule has 1 aliphatic carbocycles. The van der Waals surface area contributed by atoms with Crippen molar-refractivity contribution in [2.24, 2.45) is 11.7 Å². The number of imidazole rings is 1. The van der Waals surface area contributed by atoms with Gasteiger partial charge in [-0.3, -0.25) is 9.59 Å². The van der Waals surface area contributed by atoms with Gasteiger partial charge in [-0.1, -0.05) is 55.7 Å². The van der Waals surface area contributed by atoms with Crippen LogP contribution in [0, 0.1) is 12.8 Å². The minimum Gasteiger partial charge on any atom is -0.497 e. The number of aryl methyl sites for hydroxylation is 2. The van der Waals surface area contributed by atoms with E-state index in [0.717, 1.165) is 23.6 Å². The smallest absolute Gasteiger partial charge is 0.246 e. The van der Waals surface area contributed by atoms with Crippen LogP contribution in [-0.4, -0.2) is 53.1 Å². The summed E-state index contributed by atoms with van der Waals surface area (Å²) in [6, 6.07) is 15.7. The molecule has 0 bridgehead atoms. The van der Waals surface area contributed by atoms with Crippen molar-refractivity contribution in [3.63, 3.8) is 0 Å². The normalized spacial score (nSPS) is 17.6. The highest BCUT2D eigenvalue weighted by molar-refractivity contribution is 5.82. The van der Waals surface area contributed by atoms with E-state index in [4.69, 9.17) is 15.2 Å². The second-order valence-electron chi connectivity index (χ2n) is 11.7. The molecule has 2 N–H and O–H groups in total. The number of ether oxygens (including phenoxy) is 2. The minimum atomic E-state index is -0.495. The molecular weight excluding hydrogens is 516 g/mol. The highest BCUT2D eigenvalue weighted by atomic mass is 16.5. The zero-order valence-electron chi connectivity index (χ0n) is 24.3. The van der Waals surface area contributed by atoms with Crippen molar-refractivity contribution in [3.8, 4) is 5.75 Å². The maximum atomic E-state index is 14.2. The molecule has 1 saturated heterocycles. The van der Waals surface area contributed by atoms with Crippen molar-refractivity contribution in [2.75, 3.05) is 26.8 Å². The van der Waals surface area contributed by atoms with Gasteiger partial charge < -0.3 is 24.7 Å². The van der Waals surface area contributed by atoms with Gasteiger partial charge >= 0.3 is 0 Å². The number of carbonyl (C=O) groups is 2. The van der Waals surface area contributed by atoms with Crippen LogP contribution in [0.4, 0.5) is 0 Å². The number of amides is 2. The van der Waals surface area contributed by atoms with E-state index in [2.05, 4.69) is 36.2 Å². The number of benzene rings is 2. The standard InChI is InChI=1S/C33H42N4O4/c1-24-8-6-7-11-29(24)33(41-20-26-9-4-3-5-10-26)21-37(22-33)32(39)30(18-25-12-15-28(40-2)16-13-25)36-19-27(35-23-36)14-17-31(34)38/h6-8,11-13,15-16,19,23,26,30H,3-5,9-10,14,17-18,20-22H2,1-2H3,(H2,34,38)/t30-/m1/s1. The summed E-state index contributed by atoms with van der Waals surface area (Å²) >= 11 is 0. The molecule has 2 aromatic carbocycles. The van der Waals surface area contributed by atoms with Crippen LogP contribution in [0.25, 0.3) is 0 Å². The quantitative estimate of drug-likeness (QED) is 0.346. The van der Waals surface area contributed by atoms with Crippen LogP contribution in [0.5, 0.6) is 5.75 Å². The summed E-state index contributed by atoms with van der Waals surface area (Å²) in [6.45, 7) is 3.89. The molecule has 2 amide bonds. The maximum absolute atomic E-state index is 14.2. The fourth-order valence-electron chi connectivity index (χ4n) is 6.23. The van der Waals surface area contributed by atoms with E-state index < -0.39 is 11.6 Å². The van der Waals surface area contributed by atoms with Crippen LogP contribution < -0.4 is 10.5 Å². The van der Waals surface area contributed by atoms with Crippen LogP contribution in [0.1, 0.15) is 67.0 Å². The van der Waals surface area contributed by atoms with Crippen LogP contribution in [-0.2, 0) is 32.8 Å². The number of hydrogen-bond acceptors (Lipinski definition) is 5. The SMILES string of the molecule is COc1ccc(C[C@H](C(=O)N2CC(OCC3CCCCC3)(c3ccccc3C)C2)n2cnc(CCC(N)=O)c2)cc1. The van der Waals surface area contributed by atoms with E-state index in [1.54, 1.807) is 13.4 Å². The summed E-state index contributed by atoms with van der Waals surface area (Å²) in [5.74, 6) is 1.02. The first-order chi connectivity index (χ1) is 19.9. The Labute approximate surface area is 242 Å². The molecule has 1 aliphatic heterocycles. The molecule has 3 aromatic rings. The van der Waals surface area contributed by atoms with Crippen molar-refractivity contribution in [3.05, 3.63) is 83.4 Å². The largest absolute Gasteiger partial charge is 0.497 e. The molecule has 8 heteroatoms. The van der Waals surface area contributed by atoms with Crippen molar-refractivity contribution < 1.29 is 19.1 Å². The highest BCUT2D eigenvalue weighted by Gasteiger charge is 2.50. The third-order valence-electron chi connectivity index (χ3n) is 8.68. The summed E-state index contributed by atoms with van der Waals surface area (Å²) in [7, 11) is 1.64. The van der Waals surface area contributed by atoms with Gasteiger partial charge in [0.25, 0.3) is 0 Å². The van der Waals surface area contributed by atoms with Gasteiger partial charge in [0.15, 0.2) is 0 Å². The predicted molar refractivity (Wildman–Crippen MR) is 157 cm³/mol. The Kier molecular flexibility index (Phi) is 9.08. The Morgan fingerprint density at radius 3 is 2.49 bits per heavy atom. The van der Waals surface area contributed by atoms with E-state index in [1.807, 2.05) is 39.9 Å². The molecule has 5 rings (SSSR count). The van der Waals surface area contributed by atoms with Crippen molar-refractivity contribution in [1.82, 2.24) is 14.5 Å². The Morgan fingerprint density at radius 1 is 1.07 bits per heavy atom. The number of hydrogen-bond donors (Lipinski definition) is 1. The number of aromatic nitrogens is 2. The second-order valence-corrected chi connectivity index (χ2v) is 11.7. The van der Waals surface area contributed by atoms with Crippen LogP contribution >= 0.6 is 0 Å². The second kappa shape index (κ2) is 12.9. The average molecular weight is 559 g/mol. The molecule has 1 atom stereocenters. The van der Waals surface area contributed by atoms with Gasteiger partial charge in [0.1, 0.15) is 17.4 Å². The number of likely N-dealkylation sites (tertiary alicyclic amines) is 1. The third kappa shape index (κ3) is 6.81. The Bertz CT molecular complexity index is 1320. The summed E-state index contributed by atoms with van der Waals surface area (Å²) in [5, 5.41) is 0. The number of primary amides is 1. The Morgan fingerprint density at radius 2 is 1.80 bits per heavy atom. The molecule has 0 unspecified atom stereocenters. The summed E-state index contributed by atoms with van der Waals surface area (Å²) in [5.41, 5.74) is 8.97. The number of rotatable bonds is 12. The number of methoxy groups -OCH3 is 1. The van der Waals surface area contributed by atoms with E-state index in [1.165, 1.54) is 43.2 Å². The first kappa shape index (κ1) is 28.9. The zero-order chi connectivity index (χ0) is 28.8. The number of nitrogens with two attached hydrogens (primary N) is 1. The monoisotopic (exact) mass is 558 g/mol. The molecule has 8 nitrogen and oxygen atoms in total. The zero-order valence-corrected chi connectivity index (χ0v) is 24.3. The van der Waals surface area contributed by atoms with Gasteiger partial charge in [-0.05, 0) is 60.9 Å². The van der Waals surface area contributed by atoms with Gasteiger partial charge in [-0.25, -0.2) is 4.98 Å². The fraction of sp³-hybridized carbons (Fsp3) is 0.485. The number of nitrogens with zero attached hydrogens (tertiary/aromatic N) is 3. The molecule has 0 radical (unpaired) electrons. The lowest BCUT2D eigenvalue weighted by Gasteiger charge is -2.51. The van der Waals surface area contributed by atoms with Crippen LogP contribution in [0.15, 0.2) is 61.1 Å². The van der Waals surface area contributed by atoms with Crippen molar-refractivity contribution in [2.45, 2.75) is 69.9 Å². The molecule has 2 heterocycles. The van der Waals surface area contributed by atoms with E-state index in [0.29, 0.717) is 31.8 Å². The average Bonchev–Trinajstić information content (AvgIpc) is 3.44. The Hall–Kier alpha value is -3.65. The molecule has 2 fully saturated rings. The predicted octanol–water partition coefficient (Wildman–Crippen LogP) is 4.74. The van der Waals surface area contributed by atoms with Gasteiger partial charge in [-0.15, -0.1) is 0 Å². The van der Waals surface area contributed by atoms with Crippen LogP contribution in [0.3, 0.4) is 0 Å². The summed E-state index contributed by atoms with van der Waals surface area (Å²) < 4.78 is 14.0. The first-order valence-electron chi connectivity index (χ1n) is 14.8. The van der Waals surface area contributed by atoms with E-state index >= 15 is 0 Å². The van der Waals surface area contributed by atoms with E-state index in [-0.39, 0.29) is 18.2 Å². The fourth-order valence-corrected chi connectivity index (χ4v) is 6.23. The molecule has 1 saturated carbocycles. The molecule has 2 aliphatic rings. The lowest BCUT2D eigenvalue weighted by Crippen LogP contribution is -2.64. The van der Waals surface area contributed by atoms with Gasteiger partial charge in [-0.2, -0.15) is 0 Å². The summed E-state index contributed by atoms with van der Waals surface area (Å²) in [6.07, 6.45) is 11.0. The minimum absolute atomic E-state index is 0.0325. The highest BCUT2D eigenvalue weighted by Crippen LogP contribution is 2.40. The maximum Gasteiger partial charge on any atom is 0.246 e. The number of carbonyl (C=O) groups excluding carboxylic acids is 2. The molecule has 0 spiro atoms.